The topological polar surface area (TPSA) is 50.1 Å². The molecule has 3 heteroatoms. The van der Waals surface area contributed by atoms with Crippen molar-refractivity contribution in [3.63, 3.8) is 0 Å². The summed E-state index contributed by atoms with van der Waals surface area (Å²) in [5.41, 5.74) is 5.40. The first-order valence-corrected chi connectivity index (χ1v) is 5.05. The van der Waals surface area contributed by atoms with Gasteiger partial charge in [-0.2, -0.15) is 0 Å². The van der Waals surface area contributed by atoms with Crippen LogP contribution >= 0.6 is 0 Å². The van der Waals surface area contributed by atoms with Gasteiger partial charge < -0.3 is 16.4 Å². The minimum Gasteiger partial charge on any atom is -0.330 e. The van der Waals surface area contributed by atoms with Gasteiger partial charge in [0.25, 0.3) is 0 Å². The Labute approximate surface area is 75.1 Å². The number of nitrogens with one attached hydrogen (secondary N) is 2. The van der Waals surface area contributed by atoms with E-state index < -0.39 is 0 Å². The average Bonchev–Trinajstić information content (AvgIpc) is 2.14. The van der Waals surface area contributed by atoms with Crippen LogP contribution in [0.3, 0.4) is 0 Å². The summed E-state index contributed by atoms with van der Waals surface area (Å²) in [5, 5.41) is 6.82. The summed E-state index contributed by atoms with van der Waals surface area (Å²) < 4.78 is 0. The Morgan fingerprint density at radius 3 is 2.75 bits per heavy atom. The molecule has 1 saturated heterocycles. The fraction of sp³-hybridized carbons (Fsp3) is 1.00. The fourth-order valence-electron chi connectivity index (χ4n) is 1.62. The van der Waals surface area contributed by atoms with Crippen molar-refractivity contribution < 1.29 is 0 Å². The van der Waals surface area contributed by atoms with Crippen molar-refractivity contribution in [1.82, 2.24) is 10.6 Å². The maximum absolute atomic E-state index is 5.40. The van der Waals surface area contributed by atoms with E-state index >= 15 is 0 Å². The molecule has 0 aromatic heterocycles. The van der Waals surface area contributed by atoms with E-state index in [-0.39, 0.29) is 0 Å². The highest BCUT2D eigenvalue weighted by Crippen LogP contribution is 2.09. The maximum Gasteiger partial charge on any atom is -0.00196 e. The van der Waals surface area contributed by atoms with E-state index in [4.69, 9.17) is 5.73 Å². The molecule has 0 spiro atoms. The third kappa shape index (κ3) is 4.04. The molecule has 0 unspecified atom stereocenters. The second-order valence-electron chi connectivity index (χ2n) is 3.54. The van der Waals surface area contributed by atoms with Crippen molar-refractivity contribution in [3.8, 4) is 0 Å². The van der Waals surface area contributed by atoms with Crippen LogP contribution in [0, 0.1) is 5.92 Å². The van der Waals surface area contributed by atoms with E-state index in [0.29, 0.717) is 0 Å². The normalized spacial score (nSPS) is 19.8. The molecule has 0 radical (unpaired) electrons. The standard InChI is InChI=1S/C9H21N3/c10-4-1-5-12-8-9-2-6-11-7-3-9/h9,11-12H,1-8,10H2. The SMILES string of the molecule is NCCCNCC1CCNCC1. The monoisotopic (exact) mass is 171 g/mol. The molecule has 72 valence electrons. The average molecular weight is 171 g/mol. The Hall–Kier alpha value is -0.120. The second kappa shape index (κ2) is 6.40. The molecule has 0 aromatic carbocycles. The molecule has 0 aliphatic carbocycles. The smallest absolute Gasteiger partial charge is 0.00196 e. The fourth-order valence-corrected chi connectivity index (χ4v) is 1.62. The van der Waals surface area contributed by atoms with E-state index in [2.05, 4.69) is 10.6 Å². The van der Waals surface area contributed by atoms with Crippen LogP contribution in [-0.2, 0) is 0 Å². The lowest BCUT2D eigenvalue weighted by Crippen LogP contribution is -2.34. The lowest BCUT2D eigenvalue weighted by atomic mass is 9.98. The van der Waals surface area contributed by atoms with Gasteiger partial charge in [0.05, 0.1) is 0 Å². The van der Waals surface area contributed by atoms with Crippen molar-refractivity contribution in [1.29, 1.82) is 0 Å². The van der Waals surface area contributed by atoms with Crippen molar-refractivity contribution in [2.45, 2.75) is 19.3 Å². The van der Waals surface area contributed by atoms with Gasteiger partial charge in [-0.15, -0.1) is 0 Å². The van der Waals surface area contributed by atoms with Gasteiger partial charge in [0, 0.05) is 0 Å². The Morgan fingerprint density at radius 1 is 1.33 bits per heavy atom. The van der Waals surface area contributed by atoms with Gasteiger partial charge in [0.15, 0.2) is 0 Å². The first-order valence-electron chi connectivity index (χ1n) is 5.05. The zero-order valence-corrected chi connectivity index (χ0v) is 7.81. The molecule has 1 aliphatic heterocycles. The van der Waals surface area contributed by atoms with Gasteiger partial charge in [-0.05, 0) is 57.9 Å². The van der Waals surface area contributed by atoms with E-state index in [1.54, 1.807) is 0 Å². The van der Waals surface area contributed by atoms with E-state index in [9.17, 15) is 0 Å². The number of hydrogen-bond acceptors (Lipinski definition) is 3. The first-order chi connectivity index (χ1) is 5.93. The molecule has 0 saturated carbocycles. The summed E-state index contributed by atoms with van der Waals surface area (Å²) in [6.45, 7) is 5.47. The van der Waals surface area contributed by atoms with Gasteiger partial charge >= 0.3 is 0 Å². The highest BCUT2D eigenvalue weighted by molar-refractivity contribution is 4.70. The number of nitrogens with two attached hydrogens (primary N) is 1. The molecule has 0 amide bonds. The molecule has 12 heavy (non-hydrogen) atoms. The predicted molar refractivity (Wildman–Crippen MR) is 52.1 cm³/mol. The number of rotatable bonds is 5. The summed E-state index contributed by atoms with van der Waals surface area (Å²) in [4.78, 5) is 0. The van der Waals surface area contributed by atoms with Gasteiger partial charge in [0.1, 0.15) is 0 Å². The molecule has 0 bridgehead atoms. The van der Waals surface area contributed by atoms with Gasteiger partial charge in [-0.25, -0.2) is 0 Å². The van der Waals surface area contributed by atoms with Crippen LogP contribution < -0.4 is 16.4 Å². The van der Waals surface area contributed by atoms with Gasteiger partial charge in [-0.1, -0.05) is 0 Å². The summed E-state index contributed by atoms with van der Waals surface area (Å²) in [6, 6.07) is 0. The molecule has 0 atom stereocenters. The molecular weight excluding hydrogens is 150 g/mol. The summed E-state index contributed by atoms with van der Waals surface area (Å²) in [6.07, 6.45) is 3.76. The third-order valence-electron chi connectivity index (χ3n) is 2.45. The Balaban J connectivity index is 1.91. The molecule has 0 aromatic rings. The highest BCUT2D eigenvalue weighted by Gasteiger charge is 2.11. The molecule has 4 N–H and O–H groups in total. The highest BCUT2D eigenvalue weighted by atomic mass is 14.9. The van der Waals surface area contributed by atoms with Crippen molar-refractivity contribution in [2.75, 3.05) is 32.7 Å². The van der Waals surface area contributed by atoms with E-state index in [1.165, 1.54) is 32.5 Å². The van der Waals surface area contributed by atoms with Crippen molar-refractivity contribution in [3.05, 3.63) is 0 Å². The van der Waals surface area contributed by atoms with Gasteiger partial charge in [0.2, 0.25) is 0 Å². The lowest BCUT2D eigenvalue weighted by Gasteiger charge is -2.22. The van der Waals surface area contributed by atoms with Crippen molar-refractivity contribution in [2.24, 2.45) is 11.7 Å². The molecule has 1 heterocycles. The van der Waals surface area contributed by atoms with E-state index in [1.807, 2.05) is 0 Å². The predicted octanol–water partition coefficient (Wildman–Crippen LogP) is -0.0756. The summed E-state index contributed by atoms with van der Waals surface area (Å²) in [7, 11) is 0. The summed E-state index contributed by atoms with van der Waals surface area (Å²) >= 11 is 0. The Bertz CT molecular complexity index is 99.9. The Morgan fingerprint density at radius 2 is 2.08 bits per heavy atom. The summed E-state index contributed by atoms with van der Waals surface area (Å²) in [5.74, 6) is 0.893. The molecule has 1 fully saturated rings. The van der Waals surface area contributed by atoms with E-state index in [0.717, 1.165) is 25.4 Å². The molecule has 1 aliphatic rings. The molecular formula is C9H21N3. The lowest BCUT2D eigenvalue weighted by molar-refractivity contribution is 0.357. The zero-order valence-electron chi connectivity index (χ0n) is 7.81. The molecule has 3 nitrogen and oxygen atoms in total. The second-order valence-corrected chi connectivity index (χ2v) is 3.54. The van der Waals surface area contributed by atoms with Crippen LogP contribution in [0.25, 0.3) is 0 Å². The van der Waals surface area contributed by atoms with Crippen molar-refractivity contribution >= 4 is 0 Å². The minimum absolute atomic E-state index is 0.805. The van der Waals surface area contributed by atoms with Crippen LogP contribution in [0.5, 0.6) is 0 Å². The molecule has 1 rings (SSSR count). The van der Waals surface area contributed by atoms with Crippen LogP contribution in [0.2, 0.25) is 0 Å². The zero-order chi connectivity index (χ0) is 8.65. The van der Waals surface area contributed by atoms with Crippen LogP contribution in [0.4, 0.5) is 0 Å². The number of piperidine rings is 1. The quantitative estimate of drug-likeness (QED) is 0.507. The van der Waals surface area contributed by atoms with Crippen LogP contribution in [0.15, 0.2) is 0 Å². The first kappa shape index (κ1) is 9.96. The maximum atomic E-state index is 5.40. The largest absolute Gasteiger partial charge is 0.330 e. The third-order valence-corrected chi connectivity index (χ3v) is 2.45. The van der Waals surface area contributed by atoms with Crippen LogP contribution in [-0.4, -0.2) is 32.7 Å². The van der Waals surface area contributed by atoms with Gasteiger partial charge in [-0.3, -0.25) is 0 Å². The minimum atomic E-state index is 0.805. The number of hydrogen-bond donors (Lipinski definition) is 3. The van der Waals surface area contributed by atoms with Crippen LogP contribution in [0.1, 0.15) is 19.3 Å². The Kier molecular flexibility index (Phi) is 5.32.